The number of carbonyl (C=O) groups excluding carboxylic acids is 2. The number of aliphatic imine (C=N–C) groups is 1. The first-order valence-corrected chi connectivity index (χ1v) is 8.34. The van der Waals surface area contributed by atoms with Crippen LogP contribution < -0.4 is 10.2 Å². The number of para-hydroxylation sites is 1. The minimum atomic E-state index is -1.19. The number of hydrogen-bond acceptors (Lipinski definition) is 4. The van der Waals surface area contributed by atoms with Crippen LogP contribution in [0.5, 0.6) is 0 Å². The van der Waals surface area contributed by atoms with E-state index in [2.05, 4.69) is 10.3 Å². The smallest absolute Gasteiger partial charge is 0.251 e. The molecule has 2 aromatic rings. The number of amides is 2. The summed E-state index contributed by atoms with van der Waals surface area (Å²) in [6, 6.07) is 11.3. The van der Waals surface area contributed by atoms with Crippen LogP contribution in [-0.4, -0.2) is 23.1 Å². The predicted octanol–water partition coefficient (Wildman–Crippen LogP) is 3.21. The quantitative estimate of drug-likeness (QED) is 0.513. The molecule has 1 atom stereocenters. The topological polar surface area (TPSA) is 61.8 Å². The van der Waals surface area contributed by atoms with Crippen LogP contribution in [0.4, 0.5) is 15.8 Å². The Bertz CT molecular complexity index is 942. The van der Waals surface area contributed by atoms with Gasteiger partial charge < -0.3 is 5.32 Å². The summed E-state index contributed by atoms with van der Waals surface area (Å²) in [6.07, 6.45) is 1.27. The third-order valence-corrected chi connectivity index (χ3v) is 4.52. The first-order chi connectivity index (χ1) is 12.4. The highest BCUT2D eigenvalue weighted by Crippen LogP contribution is 2.25. The van der Waals surface area contributed by atoms with Gasteiger partial charge in [-0.2, -0.15) is 0 Å². The Kier molecular flexibility index (Phi) is 4.90. The lowest BCUT2D eigenvalue weighted by Gasteiger charge is -2.31. The zero-order valence-corrected chi connectivity index (χ0v) is 15.0. The summed E-state index contributed by atoms with van der Waals surface area (Å²) in [5.74, 6) is -3.02. The number of thiocarbonyl (C=S) groups is 1. The summed E-state index contributed by atoms with van der Waals surface area (Å²) in [5.41, 5.74) is 2.66. The highest BCUT2D eigenvalue weighted by atomic mass is 32.1. The number of carbonyl (C=O) groups is 2. The minimum Gasteiger partial charge on any atom is -0.301 e. The van der Waals surface area contributed by atoms with E-state index in [1.54, 1.807) is 12.1 Å². The highest BCUT2D eigenvalue weighted by molar-refractivity contribution is 7.80. The van der Waals surface area contributed by atoms with Crippen molar-refractivity contribution < 1.29 is 14.0 Å². The first-order valence-electron chi connectivity index (χ1n) is 7.94. The van der Waals surface area contributed by atoms with Crippen LogP contribution in [0.25, 0.3) is 0 Å². The van der Waals surface area contributed by atoms with E-state index in [1.165, 1.54) is 24.4 Å². The molecule has 26 heavy (non-hydrogen) atoms. The van der Waals surface area contributed by atoms with Crippen LogP contribution in [0.15, 0.2) is 47.5 Å². The third-order valence-electron chi connectivity index (χ3n) is 4.23. The molecule has 1 N–H and O–H groups in total. The molecule has 5 nitrogen and oxygen atoms in total. The second-order valence-electron chi connectivity index (χ2n) is 5.89. The van der Waals surface area contributed by atoms with Gasteiger partial charge in [0.25, 0.3) is 5.91 Å². The van der Waals surface area contributed by atoms with Gasteiger partial charge in [0.15, 0.2) is 11.0 Å². The second-order valence-corrected chi connectivity index (χ2v) is 6.28. The fourth-order valence-electron chi connectivity index (χ4n) is 2.61. The summed E-state index contributed by atoms with van der Waals surface area (Å²) in [4.78, 5) is 30.3. The van der Waals surface area contributed by atoms with Crippen molar-refractivity contribution in [3.05, 3.63) is 59.4 Å². The van der Waals surface area contributed by atoms with E-state index in [9.17, 15) is 14.0 Å². The largest absolute Gasteiger partial charge is 0.301 e. The van der Waals surface area contributed by atoms with Crippen LogP contribution in [0.1, 0.15) is 11.1 Å². The Morgan fingerprint density at radius 1 is 1.15 bits per heavy atom. The van der Waals surface area contributed by atoms with Gasteiger partial charge in [-0.3, -0.25) is 19.5 Å². The minimum absolute atomic E-state index is 0.00682. The van der Waals surface area contributed by atoms with Crippen LogP contribution in [0, 0.1) is 25.6 Å². The number of nitrogens with one attached hydrogen (secondary N) is 1. The van der Waals surface area contributed by atoms with Crippen molar-refractivity contribution in [1.29, 1.82) is 0 Å². The lowest BCUT2D eigenvalue weighted by Crippen LogP contribution is -2.58. The van der Waals surface area contributed by atoms with Gasteiger partial charge in [-0.05, 0) is 55.4 Å². The molecular weight excluding hydrogens is 353 g/mol. The van der Waals surface area contributed by atoms with E-state index in [4.69, 9.17) is 12.2 Å². The molecule has 0 bridgehead atoms. The summed E-state index contributed by atoms with van der Waals surface area (Å²) >= 11 is 5.05. The normalized spacial score (nSPS) is 17.7. The summed E-state index contributed by atoms with van der Waals surface area (Å²) < 4.78 is 14.1. The monoisotopic (exact) mass is 369 g/mol. The zero-order chi connectivity index (χ0) is 18.8. The van der Waals surface area contributed by atoms with Gasteiger partial charge in [0, 0.05) is 6.21 Å². The van der Waals surface area contributed by atoms with Gasteiger partial charge in [-0.1, -0.05) is 24.3 Å². The summed E-state index contributed by atoms with van der Waals surface area (Å²) in [6.45, 7) is 3.86. The van der Waals surface area contributed by atoms with Crippen molar-refractivity contribution in [2.75, 3.05) is 4.90 Å². The summed E-state index contributed by atoms with van der Waals surface area (Å²) in [5, 5.41) is 2.29. The van der Waals surface area contributed by atoms with Crippen molar-refractivity contribution in [1.82, 2.24) is 5.32 Å². The van der Waals surface area contributed by atoms with Gasteiger partial charge in [0.05, 0.1) is 11.4 Å². The third kappa shape index (κ3) is 3.25. The average molecular weight is 369 g/mol. The van der Waals surface area contributed by atoms with E-state index >= 15 is 0 Å². The average Bonchev–Trinajstić information content (AvgIpc) is 2.59. The van der Waals surface area contributed by atoms with Crippen molar-refractivity contribution in [2.45, 2.75) is 13.8 Å². The Labute approximate surface area is 155 Å². The number of rotatable bonds is 3. The molecule has 7 heteroatoms. The fourth-order valence-corrected chi connectivity index (χ4v) is 2.90. The Morgan fingerprint density at radius 3 is 2.62 bits per heavy atom. The number of nitrogens with zero attached hydrogens (tertiary/aromatic N) is 2. The van der Waals surface area contributed by atoms with Gasteiger partial charge in [-0.15, -0.1) is 0 Å². The highest BCUT2D eigenvalue weighted by Gasteiger charge is 2.39. The van der Waals surface area contributed by atoms with Crippen LogP contribution in [0.2, 0.25) is 0 Å². The van der Waals surface area contributed by atoms with E-state index in [0.717, 1.165) is 16.0 Å². The predicted molar refractivity (Wildman–Crippen MR) is 102 cm³/mol. The number of benzene rings is 2. The molecule has 0 aliphatic carbocycles. The molecule has 2 amide bonds. The molecule has 1 heterocycles. The molecule has 2 aromatic carbocycles. The molecule has 1 saturated heterocycles. The number of halogens is 1. The van der Waals surface area contributed by atoms with E-state index in [0.29, 0.717) is 5.69 Å². The SMILES string of the molecule is Cc1cccc(N=CC2C(=O)NC(=S)N(c3ccccc3F)C2=O)c1C. The van der Waals surface area contributed by atoms with Crippen LogP contribution in [0.3, 0.4) is 0 Å². The maximum absolute atomic E-state index is 14.1. The lowest BCUT2D eigenvalue weighted by atomic mass is 10.1. The molecule has 1 unspecified atom stereocenters. The molecule has 0 saturated carbocycles. The van der Waals surface area contributed by atoms with Gasteiger partial charge in [0.2, 0.25) is 5.91 Å². The van der Waals surface area contributed by atoms with E-state index < -0.39 is 23.5 Å². The number of hydrogen-bond donors (Lipinski definition) is 1. The van der Waals surface area contributed by atoms with Gasteiger partial charge >= 0.3 is 0 Å². The summed E-state index contributed by atoms with van der Waals surface area (Å²) in [7, 11) is 0. The number of anilines is 1. The maximum atomic E-state index is 14.1. The first kappa shape index (κ1) is 17.9. The van der Waals surface area contributed by atoms with E-state index in [-0.39, 0.29) is 10.8 Å². The van der Waals surface area contributed by atoms with E-state index in [1.807, 2.05) is 26.0 Å². The molecule has 0 aromatic heterocycles. The molecule has 132 valence electrons. The molecule has 0 radical (unpaired) electrons. The Morgan fingerprint density at radius 2 is 1.88 bits per heavy atom. The van der Waals surface area contributed by atoms with Crippen molar-refractivity contribution in [3.8, 4) is 0 Å². The van der Waals surface area contributed by atoms with Crippen molar-refractivity contribution in [2.24, 2.45) is 10.9 Å². The van der Waals surface area contributed by atoms with Gasteiger partial charge in [0.1, 0.15) is 5.82 Å². The van der Waals surface area contributed by atoms with Crippen LogP contribution >= 0.6 is 12.2 Å². The molecule has 1 aliphatic rings. The maximum Gasteiger partial charge on any atom is 0.251 e. The molecule has 0 spiro atoms. The zero-order valence-electron chi connectivity index (χ0n) is 14.2. The Balaban J connectivity index is 1.94. The van der Waals surface area contributed by atoms with Crippen LogP contribution in [-0.2, 0) is 9.59 Å². The lowest BCUT2D eigenvalue weighted by molar-refractivity contribution is -0.130. The fraction of sp³-hybridized carbons (Fsp3) is 0.158. The molecule has 3 rings (SSSR count). The molecule has 1 aliphatic heterocycles. The number of aryl methyl sites for hydroxylation is 1. The standard InChI is InChI=1S/C19H16FN3O2S/c1-11-6-5-8-15(12(11)2)21-10-13-17(24)22-19(26)23(18(13)25)16-9-4-3-7-14(16)20/h3-10,13H,1-2H3,(H,22,24,26). The van der Waals surface area contributed by atoms with Gasteiger partial charge in [-0.25, -0.2) is 4.39 Å². The molecule has 1 fully saturated rings. The molecular formula is C19H16FN3O2S. The Hall–Kier alpha value is -2.93. The van der Waals surface area contributed by atoms with Crippen molar-refractivity contribution >= 4 is 46.7 Å². The second kappa shape index (κ2) is 7.13. The van der Waals surface area contributed by atoms with Crippen molar-refractivity contribution in [3.63, 3.8) is 0 Å².